The summed E-state index contributed by atoms with van der Waals surface area (Å²) in [7, 11) is 1.98. The number of likely N-dealkylation sites (tertiary alicyclic amines) is 1. The van der Waals surface area contributed by atoms with Gasteiger partial charge in [-0.15, -0.1) is 12.4 Å². The molecule has 1 aliphatic heterocycles. The summed E-state index contributed by atoms with van der Waals surface area (Å²) in [5, 5.41) is 6.23. The van der Waals surface area contributed by atoms with Crippen molar-refractivity contribution in [3.63, 3.8) is 0 Å². The van der Waals surface area contributed by atoms with E-state index < -0.39 is 0 Å². The number of halogens is 1. The van der Waals surface area contributed by atoms with E-state index in [9.17, 15) is 4.79 Å². The number of carbonyl (C=O) groups is 1. The molecule has 0 aromatic heterocycles. The van der Waals surface area contributed by atoms with E-state index in [0.29, 0.717) is 18.6 Å². The lowest BCUT2D eigenvalue weighted by molar-refractivity contribution is -0.122. The van der Waals surface area contributed by atoms with Crippen molar-refractivity contribution in [2.45, 2.75) is 38.8 Å². The summed E-state index contributed by atoms with van der Waals surface area (Å²) in [6.07, 6.45) is 2.14. The van der Waals surface area contributed by atoms with Crippen LogP contribution in [0.5, 0.6) is 0 Å². The van der Waals surface area contributed by atoms with Gasteiger partial charge < -0.3 is 10.6 Å². The van der Waals surface area contributed by atoms with Gasteiger partial charge in [-0.2, -0.15) is 0 Å². The smallest absolute Gasteiger partial charge is 0.234 e. The van der Waals surface area contributed by atoms with Crippen molar-refractivity contribution in [2.75, 3.05) is 26.7 Å². The Morgan fingerprint density at radius 3 is 2.75 bits per heavy atom. The Hall–Kier alpha value is -0.320. The van der Waals surface area contributed by atoms with Crippen molar-refractivity contribution in [1.29, 1.82) is 0 Å². The molecule has 2 unspecified atom stereocenters. The molecule has 0 bridgehead atoms. The molecular formula is C11H24ClN3O. The Bertz CT molecular complexity index is 213. The van der Waals surface area contributed by atoms with E-state index in [2.05, 4.69) is 22.5 Å². The largest absolute Gasteiger partial charge is 0.353 e. The Labute approximate surface area is 105 Å². The molecule has 0 aromatic carbocycles. The Morgan fingerprint density at radius 2 is 2.25 bits per heavy atom. The fraction of sp³-hybridized carbons (Fsp3) is 0.909. The van der Waals surface area contributed by atoms with E-state index in [1.165, 1.54) is 0 Å². The summed E-state index contributed by atoms with van der Waals surface area (Å²) in [6.45, 7) is 6.68. The summed E-state index contributed by atoms with van der Waals surface area (Å²) in [4.78, 5) is 13.8. The van der Waals surface area contributed by atoms with Crippen molar-refractivity contribution in [3.8, 4) is 0 Å². The number of hydrogen-bond donors (Lipinski definition) is 2. The van der Waals surface area contributed by atoms with Gasteiger partial charge in [0.2, 0.25) is 5.91 Å². The van der Waals surface area contributed by atoms with E-state index in [1.807, 2.05) is 14.0 Å². The van der Waals surface area contributed by atoms with Crippen LogP contribution in [0.4, 0.5) is 0 Å². The van der Waals surface area contributed by atoms with Crippen molar-refractivity contribution in [3.05, 3.63) is 0 Å². The minimum atomic E-state index is 0. The first-order valence-electron chi connectivity index (χ1n) is 5.84. The number of amides is 1. The molecule has 4 nitrogen and oxygen atoms in total. The molecular weight excluding hydrogens is 226 g/mol. The minimum absolute atomic E-state index is 0. The first-order chi connectivity index (χ1) is 7.15. The fourth-order valence-corrected chi connectivity index (χ4v) is 1.84. The van der Waals surface area contributed by atoms with E-state index in [4.69, 9.17) is 0 Å². The van der Waals surface area contributed by atoms with E-state index >= 15 is 0 Å². The molecule has 0 aromatic rings. The maximum absolute atomic E-state index is 11.6. The third-order valence-electron chi connectivity index (χ3n) is 3.07. The lowest BCUT2D eigenvalue weighted by atomic mass is 10.2. The molecule has 2 atom stereocenters. The summed E-state index contributed by atoms with van der Waals surface area (Å²) in [5.41, 5.74) is 0. The van der Waals surface area contributed by atoms with Crippen LogP contribution in [-0.2, 0) is 4.79 Å². The number of likely N-dealkylation sites (N-methyl/N-ethyl adjacent to an activating group) is 1. The molecule has 0 radical (unpaired) electrons. The summed E-state index contributed by atoms with van der Waals surface area (Å²) < 4.78 is 0. The second kappa shape index (κ2) is 7.87. The molecule has 16 heavy (non-hydrogen) atoms. The molecule has 1 heterocycles. The van der Waals surface area contributed by atoms with E-state index in [-0.39, 0.29) is 18.3 Å². The zero-order valence-electron chi connectivity index (χ0n) is 10.5. The van der Waals surface area contributed by atoms with Crippen LogP contribution in [0.25, 0.3) is 0 Å². The first-order valence-corrected chi connectivity index (χ1v) is 5.84. The number of nitrogens with one attached hydrogen (secondary N) is 2. The molecule has 1 aliphatic rings. The normalized spacial score (nSPS) is 22.6. The van der Waals surface area contributed by atoms with Crippen molar-refractivity contribution >= 4 is 18.3 Å². The van der Waals surface area contributed by atoms with Crippen LogP contribution in [0.2, 0.25) is 0 Å². The van der Waals surface area contributed by atoms with Crippen LogP contribution in [0.3, 0.4) is 0 Å². The fourth-order valence-electron chi connectivity index (χ4n) is 1.84. The van der Waals surface area contributed by atoms with Gasteiger partial charge in [-0.1, -0.05) is 6.92 Å². The molecule has 1 amide bonds. The molecule has 0 spiro atoms. The zero-order valence-corrected chi connectivity index (χ0v) is 11.3. The van der Waals surface area contributed by atoms with Gasteiger partial charge in [0.1, 0.15) is 0 Å². The van der Waals surface area contributed by atoms with Crippen LogP contribution in [0, 0.1) is 0 Å². The maximum atomic E-state index is 11.6. The molecule has 1 saturated heterocycles. The number of hydrogen-bond acceptors (Lipinski definition) is 3. The van der Waals surface area contributed by atoms with Gasteiger partial charge in [-0.05, 0) is 26.8 Å². The van der Waals surface area contributed by atoms with Gasteiger partial charge in [0.25, 0.3) is 0 Å². The molecule has 1 rings (SSSR count). The number of rotatable bonds is 5. The highest BCUT2D eigenvalue weighted by atomic mass is 35.5. The second-order valence-electron chi connectivity index (χ2n) is 4.39. The molecule has 5 heteroatoms. The highest BCUT2D eigenvalue weighted by Gasteiger charge is 2.22. The Morgan fingerprint density at radius 1 is 1.56 bits per heavy atom. The third kappa shape index (κ3) is 5.14. The zero-order chi connectivity index (χ0) is 11.3. The maximum Gasteiger partial charge on any atom is 0.234 e. The summed E-state index contributed by atoms with van der Waals surface area (Å²) in [6, 6.07) is 0.849. The monoisotopic (exact) mass is 249 g/mol. The minimum Gasteiger partial charge on any atom is -0.353 e. The summed E-state index contributed by atoms with van der Waals surface area (Å²) in [5.74, 6) is 0.154. The predicted octanol–water partition coefficient (Wildman–Crippen LogP) is 0.617. The van der Waals surface area contributed by atoms with Crippen molar-refractivity contribution in [2.24, 2.45) is 0 Å². The van der Waals surface area contributed by atoms with Crippen LogP contribution in [-0.4, -0.2) is 49.6 Å². The molecule has 0 aliphatic carbocycles. The predicted molar refractivity (Wildman–Crippen MR) is 69.0 cm³/mol. The highest BCUT2D eigenvalue weighted by Crippen LogP contribution is 2.07. The summed E-state index contributed by atoms with van der Waals surface area (Å²) >= 11 is 0. The van der Waals surface area contributed by atoms with Crippen LogP contribution in [0.15, 0.2) is 0 Å². The third-order valence-corrected chi connectivity index (χ3v) is 3.07. The first kappa shape index (κ1) is 15.7. The molecule has 1 fully saturated rings. The van der Waals surface area contributed by atoms with Gasteiger partial charge in [0.15, 0.2) is 0 Å². The van der Waals surface area contributed by atoms with E-state index in [1.54, 1.807) is 0 Å². The number of nitrogens with zero attached hydrogens (tertiary/aromatic N) is 1. The standard InChI is InChI=1S/C11H23N3O.ClH/c1-4-9(2)13-11(15)8-14-6-5-10(7-14)12-3;/h9-10,12H,4-8H2,1-3H3,(H,13,15);1H. The van der Waals surface area contributed by atoms with Gasteiger partial charge in [-0.25, -0.2) is 0 Å². The number of carbonyl (C=O) groups excluding carboxylic acids is 1. The lowest BCUT2D eigenvalue weighted by Crippen LogP contribution is -2.41. The molecule has 0 saturated carbocycles. The average Bonchev–Trinajstić information content (AvgIpc) is 2.65. The van der Waals surface area contributed by atoms with Gasteiger partial charge in [0.05, 0.1) is 6.54 Å². The highest BCUT2D eigenvalue weighted by molar-refractivity contribution is 5.85. The second-order valence-corrected chi connectivity index (χ2v) is 4.39. The van der Waals surface area contributed by atoms with Crippen LogP contribution >= 0.6 is 12.4 Å². The Kier molecular flexibility index (Phi) is 7.72. The quantitative estimate of drug-likeness (QED) is 0.751. The van der Waals surface area contributed by atoms with Gasteiger partial charge in [0, 0.05) is 25.2 Å². The SMILES string of the molecule is CCC(C)NC(=O)CN1CCC(NC)C1.Cl. The van der Waals surface area contributed by atoms with Crippen LogP contribution in [0.1, 0.15) is 26.7 Å². The Balaban J connectivity index is 0.00000225. The van der Waals surface area contributed by atoms with Gasteiger partial charge in [-0.3, -0.25) is 9.69 Å². The lowest BCUT2D eigenvalue weighted by Gasteiger charge is -2.17. The topological polar surface area (TPSA) is 44.4 Å². The van der Waals surface area contributed by atoms with Crippen molar-refractivity contribution < 1.29 is 4.79 Å². The molecule has 96 valence electrons. The van der Waals surface area contributed by atoms with Gasteiger partial charge >= 0.3 is 0 Å². The van der Waals surface area contributed by atoms with Crippen LogP contribution < -0.4 is 10.6 Å². The molecule has 2 N–H and O–H groups in total. The van der Waals surface area contributed by atoms with E-state index in [0.717, 1.165) is 25.9 Å². The average molecular weight is 250 g/mol. The van der Waals surface area contributed by atoms with Crippen molar-refractivity contribution in [1.82, 2.24) is 15.5 Å².